The minimum absolute atomic E-state index is 0.0993. The molecule has 132 valence electrons. The lowest BCUT2D eigenvalue weighted by Gasteiger charge is -2.09. The molecule has 0 atom stereocenters. The molecule has 0 unspecified atom stereocenters. The Bertz CT molecular complexity index is 732. The fourth-order valence-electron chi connectivity index (χ4n) is 2.28. The molecule has 8 nitrogen and oxygen atoms in total. The quantitative estimate of drug-likeness (QED) is 0.533. The monoisotopic (exact) mass is 343 g/mol. The average molecular weight is 343 g/mol. The molecule has 0 spiro atoms. The number of nitrogens with zero attached hydrogens (tertiary/aromatic N) is 3. The average Bonchev–Trinajstić information content (AvgIpc) is 3.43. The van der Waals surface area contributed by atoms with Crippen LogP contribution in [-0.2, 0) is 17.9 Å². The van der Waals surface area contributed by atoms with Crippen LogP contribution in [0.15, 0.2) is 30.5 Å². The topological polar surface area (TPSA) is 102 Å². The number of benzene rings is 1. The summed E-state index contributed by atoms with van der Waals surface area (Å²) < 4.78 is 5.37. The Morgan fingerprint density at radius 3 is 2.64 bits per heavy atom. The molecule has 25 heavy (non-hydrogen) atoms. The van der Waals surface area contributed by atoms with E-state index < -0.39 is 4.92 Å². The first-order valence-electron chi connectivity index (χ1n) is 8.33. The number of hydrogen-bond donors (Lipinski definition) is 2. The van der Waals surface area contributed by atoms with Crippen molar-refractivity contribution in [3.8, 4) is 0 Å². The number of hydrogen-bond acceptors (Lipinski definition) is 7. The molecule has 0 aliphatic heterocycles. The SMILES string of the molecule is CCOCc1ccc(CNc2ncc([N+](=O)[O-])c(NC3CC3)n2)cc1. The molecule has 2 N–H and O–H groups in total. The van der Waals surface area contributed by atoms with E-state index in [0.29, 0.717) is 25.7 Å². The fraction of sp³-hybridized carbons (Fsp3) is 0.412. The minimum Gasteiger partial charge on any atom is -0.377 e. The summed E-state index contributed by atoms with van der Waals surface area (Å²) in [6.45, 7) is 3.80. The van der Waals surface area contributed by atoms with Crippen LogP contribution >= 0.6 is 0 Å². The lowest BCUT2D eigenvalue weighted by molar-refractivity contribution is -0.384. The second-order valence-corrected chi connectivity index (χ2v) is 5.91. The maximum absolute atomic E-state index is 11.1. The van der Waals surface area contributed by atoms with E-state index in [0.717, 1.165) is 24.0 Å². The van der Waals surface area contributed by atoms with E-state index in [9.17, 15) is 10.1 Å². The zero-order valence-electron chi connectivity index (χ0n) is 14.1. The van der Waals surface area contributed by atoms with E-state index in [4.69, 9.17) is 4.74 Å². The van der Waals surface area contributed by atoms with Crippen molar-refractivity contribution in [3.63, 3.8) is 0 Å². The number of anilines is 2. The highest BCUT2D eigenvalue weighted by molar-refractivity contribution is 5.58. The molecule has 1 heterocycles. The lowest BCUT2D eigenvalue weighted by atomic mass is 10.1. The molecule has 0 saturated heterocycles. The molecule has 0 amide bonds. The Balaban J connectivity index is 1.63. The molecule has 8 heteroatoms. The standard InChI is InChI=1S/C17H21N5O3/c1-2-25-11-13-5-3-12(4-6-13)9-18-17-19-10-15(22(23)24)16(21-17)20-14-7-8-14/h3-6,10,14H,2,7-9,11H2,1H3,(H2,18,19,20,21). The van der Waals surface area contributed by atoms with Gasteiger partial charge in [0.05, 0.1) is 11.5 Å². The number of ether oxygens (including phenoxy) is 1. The van der Waals surface area contributed by atoms with Crippen molar-refractivity contribution in [2.24, 2.45) is 0 Å². The molecule has 1 aromatic heterocycles. The van der Waals surface area contributed by atoms with Crippen molar-refractivity contribution in [3.05, 3.63) is 51.7 Å². The third kappa shape index (κ3) is 4.87. The fourth-order valence-corrected chi connectivity index (χ4v) is 2.28. The highest BCUT2D eigenvalue weighted by Crippen LogP contribution is 2.29. The number of aromatic nitrogens is 2. The Morgan fingerprint density at radius 1 is 1.28 bits per heavy atom. The third-order valence-electron chi connectivity index (χ3n) is 3.83. The van der Waals surface area contributed by atoms with Crippen LogP contribution in [0, 0.1) is 10.1 Å². The molecular weight excluding hydrogens is 322 g/mol. The summed E-state index contributed by atoms with van der Waals surface area (Å²) in [6, 6.07) is 8.33. The molecule has 0 bridgehead atoms. The first kappa shape index (κ1) is 17.1. The van der Waals surface area contributed by atoms with Gasteiger partial charge in [0.2, 0.25) is 11.8 Å². The summed E-state index contributed by atoms with van der Waals surface area (Å²) in [5, 5.41) is 17.3. The van der Waals surface area contributed by atoms with E-state index in [1.165, 1.54) is 6.20 Å². The molecular formula is C17H21N5O3. The van der Waals surface area contributed by atoms with Crippen LogP contribution in [0.1, 0.15) is 30.9 Å². The van der Waals surface area contributed by atoms with Crippen molar-refractivity contribution < 1.29 is 9.66 Å². The van der Waals surface area contributed by atoms with Crippen LogP contribution in [0.25, 0.3) is 0 Å². The zero-order valence-corrected chi connectivity index (χ0v) is 14.1. The number of nitrogens with one attached hydrogen (secondary N) is 2. The summed E-state index contributed by atoms with van der Waals surface area (Å²) in [5.74, 6) is 0.643. The second-order valence-electron chi connectivity index (χ2n) is 5.91. The molecule has 1 saturated carbocycles. The van der Waals surface area contributed by atoms with Gasteiger partial charge >= 0.3 is 5.69 Å². The Labute approximate surface area is 145 Å². The van der Waals surface area contributed by atoms with Gasteiger partial charge in [0.15, 0.2) is 0 Å². The molecule has 1 fully saturated rings. The number of nitro groups is 1. The smallest absolute Gasteiger partial charge is 0.329 e. The molecule has 2 aromatic rings. The predicted octanol–water partition coefficient (Wildman–Crippen LogP) is 3.11. The van der Waals surface area contributed by atoms with Gasteiger partial charge in [-0.2, -0.15) is 4.98 Å². The Kier molecular flexibility index (Phi) is 5.39. The molecule has 0 radical (unpaired) electrons. The maximum Gasteiger partial charge on any atom is 0.329 e. The molecule has 1 aliphatic carbocycles. The van der Waals surface area contributed by atoms with Crippen LogP contribution < -0.4 is 10.6 Å². The van der Waals surface area contributed by atoms with Crippen LogP contribution in [0.2, 0.25) is 0 Å². The van der Waals surface area contributed by atoms with Crippen molar-refractivity contribution in [2.45, 2.75) is 39.0 Å². The first-order chi connectivity index (χ1) is 12.2. The second kappa shape index (κ2) is 7.89. The van der Waals surface area contributed by atoms with Crippen LogP contribution in [-0.4, -0.2) is 27.5 Å². The first-order valence-corrected chi connectivity index (χ1v) is 8.33. The maximum atomic E-state index is 11.1. The summed E-state index contributed by atoms with van der Waals surface area (Å²) in [7, 11) is 0. The van der Waals surface area contributed by atoms with Crippen molar-refractivity contribution in [1.29, 1.82) is 0 Å². The van der Waals surface area contributed by atoms with Crippen LogP contribution in [0.4, 0.5) is 17.5 Å². The van der Waals surface area contributed by atoms with Crippen molar-refractivity contribution in [2.75, 3.05) is 17.2 Å². The van der Waals surface area contributed by atoms with E-state index in [1.807, 2.05) is 31.2 Å². The highest BCUT2D eigenvalue weighted by atomic mass is 16.6. The zero-order chi connectivity index (χ0) is 17.6. The van der Waals surface area contributed by atoms with Gasteiger partial charge in [0.25, 0.3) is 0 Å². The summed E-state index contributed by atoms with van der Waals surface area (Å²) >= 11 is 0. The highest BCUT2D eigenvalue weighted by Gasteiger charge is 2.26. The molecule has 3 rings (SSSR count). The van der Waals surface area contributed by atoms with Gasteiger partial charge in [-0.1, -0.05) is 24.3 Å². The molecule has 1 aliphatic rings. The third-order valence-corrected chi connectivity index (χ3v) is 3.83. The van der Waals surface area contributed by atoms with E-state index in [2.05, 4.69) is 20.6 Å². The van der Waals surface area contributed by atoms with Gasteiger partial charge in [-0.25, -0.2) is 4.98 Å². The lowest BCUT2D eigenvalue weighted by Crippen LogP contribution is -2.10. The number of rotatable bonds is 9. The van der Waals surface area contributed by atoms with Gasteiger partial charge in [-0.15, -0.1) is 0 Å². The van der Waals surface area contributed by atoms with Gasteiger partial charge in [0, 0.05) is 19.2 Å². The predicted molar refractivity (Wildman–Crippen MR) is 94.4 cm³/mol. The van der Waals surface area contributed by atoms with Gasteiger partial charge < -0.3 is 15.4 Å². The molecule has 1 aromatic carbocycles. The Morgan fingerprint density at radius 2 is 2.00 bits per heavy atom. The summed E-state index contributed by atoms with van der Waals surface area (Å²) in [4.78, 5) is 18.9. The van der Waals surface area contributed by atoms with Crippen LogP contribution in [0.3, 0.4) is 0 Å². The van der Waals surface area contributed by atoms with E-state index in [1.54, 1.807) is 0 Å². The Hall–Kier alpha value is -2.74. The minimum atomic E-state index is -0.467. The van der Waals surface area contributed by atoms with Gasteiger partial charge in [-0.3, -0.25) is 10.1 Å². The van der Waals surface area contributed by atoms with Gasteiger partial charge in [-0.05, 0) is 30.9 Å². The van der Waals surface area contributed by atoms with E-state index >= 15 is 0 Å². The summed E-state index contributed by atoms with van der Waals surface area (Å²) in [6.07, 6.45) is 3.27. The van der Waals surface area contributed by atoms with Crippen molar-refractivity contribution in [1.82, 2.24) is 9.97 Å². The summed E-state index contributed by atoms with van der Waals surface area (Å²) in [5.41, 5.74) is 2.09. The van der Waals surface area contributed by atoms with Gasteiger partial charge in [0.1, 0.15) is 6.20 Å². The van der Waals surface area contributed by atoms with E-state index in [-0.39, 0.29) is 17.5 Å². The normalized spacial score (nSPS) is 13.5. The van der Waals surface area contributed by atoms with Crippen molar-refractivity contribution >= 4 is 17.5 Å². The largest absolute Gasteiger partial charge is 0.377 e. The van der Waals surface area contributed by atoms with Crippen LogP contribution in [0.5, 0.6) is 0 Å².